The number of rotatable bonds is 4. The molecule has 1 N–H and O–H groups in total. The van der Waals surface area contributed by atoms with E-state index in [9.17, 15) is 9.59 Å². The molecule has 0 amide bonds. The molecule has 108 valence electrons. The zero-order valence-electron chi connectivity index (χ0n) is 11.2. The molecule has 1 aliphatic heterocycles. The molecule has 1 aromatic carbocycles. The number of ether oxygens (including phenoxy) is 2. The van der Waals surface area contributed by atoms with Gasteiger partial charge in [-0.15, -0.1) is 0 Å². The van der Waals surface area contributed by atoms with Gasteiger partial charge in [-0.1, -0.05) is 0 Å². The van der Waals surface area contributed by atoms with Crippen LogP contribution in [0.15, 0.2) is 28.7 Å². The first kappa shape index (κ1) is 13.2. The molecule has 0 bridgehead atoms. The van der Waals surface area contributed by atoms with Crippen molar-refractivity contribution in [2.75, 3.05) is 6.61 Å². The number of ketones is 1. The van der Waals surface area contributed by atoms with Gasteiger partial charge in [0.05, 0.1) is 5.56 Å². The molecule has 3 rings (SSSR count). The summed E-state index contributed by atoms with van der Waals surface area (Å²) in [5.41, 5.74) is 1.21. The molecule has 0 atom stereocenters. The number of fused-ring (bicyclic) bond motifs is 1. The molecule has 0 aliphatic carbocycles. The Hall–Kier alpha value is -2.76. The van der Waals surface area contributed by atoms with Gasteiger partial charge in [0.1, 0.15) is 23.9 Å². The van der Waals surface area contributed by atoms with Gasteiger partial charge in [-0.25, -0.2) is 4.79 Å². The van der Waals surface area contributed by atoms with Gasteiger partial charge in [-0.3, -0.25) is 4.79 Å². The second-order valence-corrected chi connectivity index (χ2v) is 4.66. The van der Waals surface area contributed by atoms with E-state index >= 15 is 0 Å². The number of aryl methyl sites for hydroxylation is 1. The van der Waals surface area contributed by atoms with Crippen molar-refractivity contribution in [1.82, 2.24) is 0 Å². The molecule has 1 aromatic heterocycles. The number of carboxylic acids is 1. The Balaban J connectivity index is 1.74. The third-order valence-electron chi connectivity index (χ3n) is 3.24. The molecular formula is C15H12O6. The Morgan fingerprint density at radius 2 is 2.19 bits per heavy atom. The van der Waals surface area contributed by atoms with Crippen molar-refractivity contribution in [3.05, 3.63) is 46.9 Å². The molecule has 2 heterocycles. The second-order valence-electron chi connectivity index (χ2n) is 4.66. The smallest absolute Gasteiger partial charge is 0.371 e. The van der Waals surface area contributed by atoms with E-state index in [0.29, 0.717) is 28.4 Å². The molecule has 6 nitrogen and oxygen atoms in total. The number of carboxylic acid groups (broad SMARTS) is 1. The zero-order valence-corrected chi connectivity index (χ0v) is 11.2. The predicted octanol–water partition coefficient (Wildman–Crippen LogP) is 2.44. The van der Waals surface area contributed by atoms with Crippen molar-refractivity contribution in [3.8, 4) is 11.5 Å². The van der Waals surface area contributed by atoms with E-state index in [-0.39, 0.29) is 24.8 Å². The number of aromatic carboxylic acids is 1. The molecule has 0 saturated carbocycles. The van der Waals surface area contributed by atoms with E-state index < -0.39 is 5.97 Å². The van der Waals surface area contributed by atoms with E-state index in [1.54, 1.807) is 25.1 Å². The van der Waals surface area contributed by atoms with Crippen LogP contribution in [-0.4, -0.2) is 23.5 Å². The molecule has 0 fully saturated rings. The van der Waals surface area contributed by atoms with E-state index in [2.05, 4.69) is 0 Å². The van der Waals surface area contributed by atoms with Crippen molar-refractivity contribution >= 4 is 11.8 Å². The third kappa shape index (κ3) is 2.47. The van der Waals surface area contributed by atoms with Crippen LogP contribution >= 0.6 is 0 Å². The standard InChI is InChI=1S/C15H12O6/c1-8-9(4-14(21-8)15(17)18)6-19-10-2-3-11-12(16)7-20-13(11)5-10/h2-5H,6-7H2,1H3,(H,17,18). The molecule has 0 saturated heterocycles. The summed E-state index contributed by atoms with van der Waals surface area (Å²) in [7, 11) is 0. The van der Waals surface area contributed by atoms with Crippen LogP contribution in [-0.2, 0) is 6.61 Å². The summed E-state index contributed by atoms with van der Waals surface area (Å²) in [5.74, 6) is 0.268. The maximum atomic E-state index is 11.4. The molecule has 21 heavy (non-hydrogen) atoms. The number of carbonyl (C=O) groups excluding carboxylic acids is 1. The van der Waals surface area contributed by atoms with E-state index in [1.807, 2.05) is 0 Å². The summed E-state index contributed by atoms with van der Waals surface area (Å²) in [6.07, 6.45) is 0. The summed E-state index contributed by atoms with van der Waals surface area (Å²) in [6.45, 7) is 1.91. The van der Waals surface area contributed by atoms with Crippen LogP contribution in [0.3, 0.4) is 0 Å². The number of benzene rings is 1. The Morgan fingerprint density at radius 1 is 1.38 bits per heavy atom. The highest BCUT2D eigenvalue weighted by Gasteiger charge is 2.21. The predicted molar refractivity (Wildman–Crippen MR) is 71.0 cm³/mol. The quantitative estimate of drug-likeness (QED) is 0.930. The van der Waals surface area contributed by atoms with Gasteiger partial charge in [0.25, 0.3) is 0 Å². The van der Waals surface area contributed by atoms with Crippen LogP contribution < -0.4 is 9.47 Å². The highest BCUT2D eigenvalue weighted by molar-refractivity contribution is 6.02. The topological polar surface area (TPSA) is 86.0 Å². The minimum atomic E-state index is -1.12. The lowest BCUT2D eigenvalue weighted by Gasteiger charge is -2.06. The first-order chi connectivity index (χ1) is 10.0. The van der Waals surface area contributed by atoms with Crippen molar-refractivity contribution in [3.63, 3.8) is 0 Å². The minimum absolute atomic E-state index is 0.0478. The van der Waals surface area contributed by atoms with Crippen molar-refractivity contribution in [2.24, 2.45) is 0 Å². The molecule has 0 unspecified atom stereocenters. The van der Waals surface area contributed by atoms with Gasteiger partial charge in [0, 0.05) is 11.6 Å². The maximum Gasteiger partial charge on any atom is 0.371 e. The Kier molecular flexibility index (Phi) is 3.13. The lowest BCUT2D eigenvalue weighted by molar-refractivity contribution is 0.0660. The fraction of sp³-hybridized carbons (Fsp3) is 0.200. The highest BCUT2D eigenvalue weighted by Crippen LogP contribution is 2.30. The van der Waals surface area contributed by atoms with Crippen LogP contribution in [0.5, 0.6) is 11.5 Å². The van der Waals surface area contributed by atoms with Crippen LogP contribution in [0.1, 0.15) is 32.2 Å². The lowest BCUT2D eigenvalue weighted by atomic mass is 10.1. The van der Waals surface area contributed by atoms with Crippen molar-refractivity contribution in [2.45, 2.75) is 13.5 Å². The normalized spacial score (nSPS) is 12.9. The van der Waals surface area contributed by atoms with E-state index in [0.717, 1.165) is 0 Å². The van der Waals surface area contributed by atoms with Gasteiger partial charge < -0.3 is 19.0 Å². The average molecular weight is 288 g/mol. The lowest BCUT2D eigenvalue weighted by Crippen LogP contribution is -1.98. The number of Topliss-reactive ketones (excluding diaryl/α,β-unsaturated/α-hetero) is 1. The van der Waals surface area contributed by atoms with Crippen molar-refractivity contribution < 1.29 is 28.6 Å². The van der Waals surface area contributed by atoms with E-state index in [4.69, 9.17) is 19.0 Å². The highest BCUT2D eigenvalue weighted by atomic mass is 16.5. The summed E-state index contributed by atoms with van der Waals surface area (Å²) < 4.78 is 15.9. The first-order valence-corrected chi connectivity index (χ1v) is 6.30. The van der Waals surface area contributed by atoms with Gasteiger partial charge in [0.15, 0.2) is 6.61 Å². The summed E-state index contributed by atoms with van der Waals surface area (Å²) in [4.78, 5) is 22.2. The fourth-order valence-electron chi connectivity index (χ4n) is 2.09. The average Bonchev–Trinajstić information content (AvgIpc) is 3.00. The van der Waals surface area contributed by atoms with Gasteiger partial charge >= 0.3 is 5.97 Å². The minimum Gasteiger partial charge on any atom is -0.489 e. The molecule has 0 spiro atoms. The van der Waals surface area contributed by atoms with Crippen LogP contribution in [0.25, 0.3) is 0 Å². The third-order valence-corrected chi connectivity index (χ3v) is 3.24. The zero-order chi connectivity index (χ0) is 15.0. The van der Waals surface area contributed by atoms with Crippen molar-refractivity contribution in [1.29, 1.82) is 0 Å². The Bertz CT molecular complexity index is 728. The van der Waals surface area contributed by atoms with Gasteiger partial charge in [-0.2, -0.15) is 0 Å². The summed E-state index contributed by atoms with van der Waals surface area (Å²) in [6, 6.07) is 6.42. The molecule has 1 aliphatic rings. The second kappa shape index (κ2) is 4.97. The van der Waals surface area contributed by atoms with Gasteiger partial charge in [0.2, 0.25) is 11.5 Å². The monoisotopic (exact) mass is 288 g/mol. The summed E-state index contributed by atoms with van der Waals surface area (Å²) in [5, 5.41) is 8.86. The SMILES string of the molecule is Cc1oc(C(=O)O)cc1COc1ccc2c(c1)OCC2=O. The maximum absolute atomic E-state index is 11.4. The number of carbonyl (C=O) groups is 2. The molecule has 2 aromatic rings. The number of furan rings is 1. The van der Waals surface area contributed by atoms with Crippen LogP contribution in [0.2, 0.25) is 0 Å². The fourth-order valence-corrected chi connectivity index (χ4v) is 2.09. The summed E-state index contributed by atoms with van der Waals surface area (Å²) >= 11 is 0. The van der Waals surface area contributed by atoms with Gasteiger partial charge in [-0.05, 0) is 25.1 Å². The van der Waals surface area contributed by atoms with Crippen LogP contribution in [0, 0.1) is 6.92 Å². The Morgan fingerprint density at radius 3 is 2.90 bits per heavy atom. The molecule has 0 radical (unpaired) electrons. The van der Waals surface area contributed by atoms with E-state index in [1.165, 1.54) is 6.07 Å². The largest absolute Gasteiger partial charge is 0.489 e. The molecule has 6 heteroatoms. The molecular weight excluding hydrogens is 276 g/mol. The number of hydrogen-bond donors (Lipinski definition) is 1. The first-order valence-electron chi connectivity index (χ1n) is 6.30. The Labute approximate surface area is 119 Å². The van der Waals surface area contributed by atoms with Crippen LogP contribution in [0.4, 0.5) is 0 Å². The number of hydrogen-bond acceptors (Lipinski definition) is 5.